The maximum atomic E-state index is 5.83. The molecule has 1 aromatic heterocycles. The van der Waals surface area contributed by atoms with E-state index in [9.17, 15) is 0 Å². The van der Waals surface area contributed by atoms with Crippen LogP contribution in [-0.4, -0.2) is 70.0 Å². The van der Waals surface area contributed by atoms with E-state index in [1.165, 1.54) is 12.0 Å². The lowest BCUT2D eigenvalue weighted by Gasteiger charge is -2.27. The highest BCUT2D eigenvalue weighted by Crippen LogP contribution is 2.23. The first-order valence-electron chi connectivity index (χ1n) is 10.8. The second-order valence-electron chi connectivity index (χ2n) is 7.57. The zero-order chi connectivity index (χ0) is 19.4. The summed E-state index contributed by atoms with van der Waals surface area (Å²) in [6.07, 6.45) is 4.43. The molecular formula is C21H36N4O2S. The van der Waals surface area contributed by atoms with Crippen molar-refractivity contribution in [2.45, 2.75) is 39.2 Å². The number of fused-ring (bicyclic) bond motifs is 1. The van der Waals surface area contributed by atoms with Gasteiger partial charge >= 0.3 is 0 Å². The molecule has 0 radical (unpaired) electrons. The molecule has 0 amide bonds. The SMILES string of the molecule is CCNC(=NCCCOCC1CCOCC1)NCCN1CCc2sccc2C1. The summed E-state index contributed by atoms with van der Waals surface area (Å²) in [6, 6.07) is 2.27. The highest BCUT2D eigenvalue weighted by atomic mass is 32.1. The van der Waals surface area contributed by atoms with E-state index in [1.807, 2.05) is 11.3 Å². The van der Waals surface area contributed by atoms with Crippen LogP contribution in [0.4, 0.5) is 0 Å². The predicted octanol–water partition coefficient (Wildman–Crippen LogP) is 2.49. The van der Waals surface area contributed by atoms with Crippen molar-refractivity contribution in [1.82, 2.24) is 15.5 Å². The topological polar surface area (TPSA) is 58.1 Å². The summed E-state index contributed by atoms with van der Waals surface area (Å²) >= 11 is 1.90. The molecule has 6 nitrogen and oxygen atoms in total. The molecule has 0 atom stereocenters. The molecule has 0 aromatic carbocycles. The molecule has 2 aliphatic heterocycles. The predicted molar refractivity (Wildman–Crippen MR) is 116 cm³/mol. The van der Waals surface area contributed by atoms with Gasteiger partial charge in [0.1, 0.15) is 0 Å². The van der Waals surface area contributed by atoms with Crippen molar-refractivity contribution in [2.24, 2.45) is 10.9 Å². The van der Waals surface area contributed by atoms with Gasteiger partial charge < -0.3 is 20.1 Å². The lowest BCUT2D eigenvalue weighted by Crippen LogP contribution is -2.42. The number of ether oxygens (including phenoxy) is 2. The first-order chi connectivity index (χ1) is 13.8. The van der Waals surface area contributed by atoms with E-state index in [0.29, 0.717) is 5.92 Å². The molecule has 158 valence electrons. The summed E-state index contributed by atoms with van der Waals surface area (Å²) in [4.78, 5) is 8.78. The molecule has 1 saturated heterocycles. The lowest BCUT2D eigenvalue weighted by molar-refractivity contribution is 0.0205. The van der Waals surface area contributed by atoms with Gasteiger partial charge in [-0.2, -0.15) is 0 Å². The van der Waals surface area contributed by atoms with Crippen LogP contribution in [0.15, 0.2) is 16.4 Å². The molecule has 1 aromatic rings. The third kappa shape index (κ3) is 7.35. The second kappa shape index (κ2) is 12.4. The summed E-state index contributed by atoms with van der Waals surface area (Å²) in [5.74, 6) is 1.59. The molecule has 0 unspecified atom stereocenters. The van der Waals surface area contributed by atoms with E-state index in [-0.39, 0.29) is 0 Å². The molecule has 2 aliphatic rings. The lowest BCUT2D eigenvalue weighted by atomic mass is 10.0. The average molecular weight is 409 g/mol. The van der Waals surface area contributed by atoms with Crippen LogP contribution in [0, 0.1) is 5.92 Å². The molecule has 2 N–H and O–H groups in total. The van der Waals surface area contributed by atoms with Crippen LogP contribution in [-0.2, 0) is 22.4 Å². The fourth-order valence-corrected chi connectivity index (χ4v) is 4.58. The van der Waals surface area contributed by atoms with Gasteiger partial charge in [0.2, 0.25) is 0 Å². The highest BCUT2D eigenvalue weighted by molar-refractivity contribution is 7.10. The Kier molecular flexibility index (Phi) is 9.56. The Morgan fingerprint density at radius 1 is 1.36 bits per heavy atom. The second-order valence-corrected chi connectivity index (χ2v) is 8.57. The van der Waals surface area contributed by atoms with Crippen LogP contribution >= 0.6 is 11.3 Å². The van der Waals surface area contributed by atoms with E-state index in [2.05, 4.69) is 38.9 Å². The third-order valence-electron chi connectivity index (χ3n) is 5.36. The van der Waals surface area contributed by atoms with E-state index >= 15 is 0 Å². The van der Waals surface area contributed by atoms with Crippen molar-refractivity contribution < 1.29 is 9.47 Å². The molecule has 7 heteroatoms. The van der Waals surface area contributed by atoms with Crippen LogP contribution in [0.25, 0.3) is 0 Å². The molecule has 0 saturated carbocycles. The van der Waals surface area contributed by atoms with Gasteiger partial charge in [-0.15, -0.1) is 11.3 Å². The maximum absolute atomic E-state index is 5.83. The van der Waals surface area contributed by atoms with Gasteiger partial charge in [-0.3, -0.25) is 9.89 Å². The van der Waals surface area contributed by atoms with Crippen molar-refractivity contribution in [1.29, 1.82) is 0 Å². The van der Waals surface area contributed by atoms with Crippen molar-refractivity contribution in [3.63, 3.8) is 0 Å². The Morgan fingerprint density at radius 2 is 2.25 bits per heavy atom. The number of guanidine groups is 1. The van der Waals surface area contributed by atoms with E-state index < -0.39 is 0 Å². The number of nitrogens with zero attached hydrogens (tertiary/aromatic N) is 2. The zero-order valence-electron chi connectivity index (χ0n) is 17.3. The Bertz CT molecular complexity index is 587. The number of thiophene rings is 1. The summed E-state index contributed by atoms with van der Waals surface area (Å²) < 4.78 is 11.2. The minimum atomic E-state index is 0.677. The smallest absolute Gasteiger partial charge is 0.191 e. The van der Waals surface area contributed by atoms with Crippen LogP contribution in [0.2, 0.25) is 0 Å². The Morgan fingerprint density at radius 3 is 3.11 bits per heavy atom. The van der Waals surface area contributed by atoms with Crippen molar-refractivity contribution in [3.05, 3.63) is 21.9 Å². The fraction of sp³-hybridized carbons (Fsp3) is 0.762. The molecule has 1 fully saturated rings. The molecule has 28 heavy (non-hydrogen) atoms. The number of hydrogen-bond acceptors (Lipinski definition) is 5. The molecule has 0 aliphatic carbocycles. The largest absolute Gasteiger partial charge is 0.381 e. The van der Waals surface area contributed by atoms with Crippen LogP contribution in [0.3, 0.4) is 0 Å². The maximum Gasteiger partial charge on any atom is 0.191 e. The van der Waals surface area contributed by atoms with Gasteiger partial charge in [-0.1, -0.05) is 0 Å². The standard InChI is InChI=1S/C21H36N4O2S/c1-2-22-21(23-8-3-12-27-17-18-5-13-26-14-6-18)24-9-11-25-10-4-20-19(16-25)7-15-28-20/h7,15,18H,2-6,8-14,16-17H2,1H3,(H2,22,23,24). The van der Waals surface area contributed by atoms with E-state index in [0.717, 1.165) is 90.9 Å². The number of rotatable bonds is 10. The quantitative estimate of drug-likeness (QED) is 0.354. The Balaban J connectivity index is 1.27. The Hall–Kier alpha value is -1.15. The van der Waals surface area contributed by atoms with Gasteiger partial charge in [0, 0.05) is 70.6 Å². The van der Waals surface area contributed by atoms with E-state index in [4.69, 9.17) is 9.47 Å². The van der Waals surface area contributed by atoms with Crippen molar-refractivity contribution in [3.8, 4) is 0 Å². The minimum absolute atomic E-state index is 0.677. The van der Waals surface area contributed by atoms with Crippen LogP contribution in [0.1, 0.15) is 36.6 Å². The number of hydrogen-bond donors (Lipinski definition) is 2. The van der Waals surface area contributed by atoms with Gasteiger partial charge in [-0.05, 0) is 55.5 Å². The minimum Gasteiger partial charge on any atom is -0.381 e. The highest BCUT2D eigenvalue weighted by Gasteiger charge is 2.16. The van der Waals surface area contributed by atoms with Crippen LogP contribution < -0.4 is 10.6 Å². The first kappa shape index (κ1) is 21.6. The van der Waals surface area contributed by atoms with Gasteiger partial charge in [0.15, 0.2) is 5.96 Å². The van der Waals surface area contributed by atoms with Gasteiger partial charge in [0.05, 0.1) is 0 Å². The summed E-state index contributed by atoms with van der Waals surface area (Å²) in [5, 5.41) is 9.03. The third-order valence-corrected chi connectivity index (χ3v) is 6.39. The fourth-order valence-electron chi connectivity index (χ4n) is 3.69. The monoisotopic (exact) mass is 408 g/mol. The molecule has 3 heterocycles. The summed E-state index contributed by atoms with van der Waals surface area (Å²) in [5.41, 5.74) is 1.51. The zero-order valence-corrected chi connectivity index (χ0v) is 18.1. The van der Waals surface area contributed by atoms with Crippen molar-refractivity contribution >= 4 is 17.3 Å². The normalized spacial score (nSPS) is 18.8. The molecular weight excluding hydrogens is 372 g/mol. The summed E-state index contributed by atoms with van der Waals surface area (Å²) in [6.45, 7) is 11.4. The van der Waals surface area contributed by atoms with Gasteiger partial charge in [-0.25, -0.2) is 0 Å². The Labute approximate surface area is 173 Å². The average Bonchev–Trinajstić information content (AvgIpc) is 3.19. The molecule has 0 bridgehead atoms. The number of aliphatic imine (C=N–C) groups is 1. The van der Waals surface area contributed by atoms with Crippen LogP contribution in [0.5, 0.6) is 0 Å². The van der Waals surface area contributed by atoms with Gasteiger partial charge in [0.25, 0.3) is 0 Å². The number of nitrogens with one attached hydrogen (secondary N) is 2. The van der Waals surface area contributed by atoms with Crippen molar-refractivity contribution in [2.75, 3.05) is 59.2 Å². The molecule has 0 spiro atoms. The molecule has 3 rings (SSSR count). The van der Waals surface area contributed by atoms with E-state index in [1.54, 1.807) is 4.88 Å². The first-order valence-corrected chi connectivity index (χ1v) is 11.7. The summed E-state index contributed by atoms with van der Waals surface area (Å²) in [7, 11) is 0.